The van der Waals surface area contributed by atoms with Gasteiger partial charge < -0.3 is 0 Å². The number of Topliss-reactive ketones (excluding diaryl/α,β-unsaturated/α-hetero) is 1. The van der Waals surface area contributed by atoms with Crippen molar-refractivity contribution >= 4 is 5.78 Å². The molecule has 2 saturated carbocycles. The van der Waals surface area contributed by atoms with E-state index in [2.05, 4.69) is 20.4 Å². The molecule has 2 fully saturated rings. The lowest BCUT2D eigenvalue weighted by Gasteiger charge is -2.08. The average Bonchev–Trinajstić information content (AvgIpc) is 2.46. The van der Waals surface area contributed by atoms with E-state index in [0.717, 1.165) is 12.0 Å². The summed E-state index contributed by atoms with van der Waals surface area (Å²) in [4.78, 5) is 11.5. The molecule has 2 rings (SSSR count). The highest BCUT2D eigenvalue weighted by Gasteiger charge is 2.62. The van der Waals surface area contributed by atoms with Gasteiger partial charge in [0.15, 0.2) is 5.78 Å². The topological polar surface area (TPSA) is 17.1 Å². The molecule has 11 heavy (non-hydrogen) atoms. The summed E-state index contributed by atoms with van der Waals surface area (Å²) in [5, 5.41) is 0. The number of carbonyl (C=O) groups is 1. The van der Waals surface area contributed by atoms with Crippen LogP contribution in [-0.2, 0) is 4.79 Å². The highest BCUT2D eigenvalue weighted by atomic mass is 16.1. The molecule has 0 aliphatic heterocycles. The molecule has 0 aromatic carbocycles. The monoisotopic (exact) mass is 150 g/mol. The van der Waals surface area contributed by atoms with Gasteiger partial charge >= 0.3 is 0 Å². The predicted octanol–water partition coefficient (Wildman–Crippen LogP) is 2.18. The molecule has 0 aromatic rings. The number of hydrogen-bond donors (Lipinski definition) is 0. The maximum absolute atomic E-state index is 11.5. The van der Waals surface area contributed by atoms with E-state index in [1.165, 1.54) is 6.42 Å². The first-order valence-corrected chi connectivity index (χ1v) is 4.27. The summed E-state index contributed by atoms with van der Waals surface area (Å²) in [6.45, 7) is 8.17. The van der Waals surface area contributed by atoms with Crippen molar-refractivity contribution < 1.29 is 4.79 Å². The van der Waals surface area contributed by atoms with E-state index >= 15 is 0 Å². The summed E-state index contributed by atoms with van der Waals surface area (Å²) in [5.74, 6) is 1.33. The highest BCUT2D eigenvalue weighted by Crippen LogP contribution is 2.63. The lowest BCUT2D eigenvalue weighted by atomic mass is 9.95. The Labute approximate surface area is 67.5 Å². The molecule has 1 heteroatoms. The molecule has 0 radical (unpaired) electrons. The van der Waals surface area contributed by atoms with E-state index in [-0.39, 0.29) is 5.41 Å². The van der Waals surface area contributed by atoms with Crippen molar-refractivity contribution in [1.29, 1.82) is 0 Å². The summed E-state index contributed by atoms with van der Waals surface area (Å²) in [6.07, 6.45) is 2.12. The molecule has 0 heterocycles. The Hall–Kier alpha value is -0.590. The van der Waals surface area contributed by atoms with Crippen molar-refractivity contribution in [3.05, 3.63) is 12.2 Å². The summed E-state index contributed by atoms with van der Waals surface area (Å²) in [5.41, 5.74) is 1.15. The van der Waals surface area contributed by atoms with E-state index in [1.54, 1.807) is 0 Å². The van der Waals surface area contributed by atoms with Gasteiger partial charge in [0, 0.05) is 5.92 Å². The van der Waals surface area contributed by atoms with Crippen LogP contribution < -0.4 is 0 Å². The van der Waals surface area contributed by atoms with Crippen molar-refractivity contribution in [3.63, 3.8) is 0 Å². The Morgan fingerprint density at radius 2 is 2.18 bits per heavy atom. The quantitative estimate of drug-likeness (QED) is 0.484. The van der Waals surface area contributed by atoms with Gasteiger partial charge in [-0.3, -0.25) is 4.79 Å². The number of hydrogen-bond acceptors (Lipinski definition) is 1. The van der Waals surface area contributed by atoms with Crippen molar-refractivity contribution in [2.75, 3.05) is 0 Å². The maximum Gasteiger partial charge on any atom is 0.162 e. The second-order valence-electron chi connectivity index (χ2n) is 4.41. The van der Waals surface area contributed by atoms with E-state index in [0.29, 0.717) is 17.6 Å². The van der Waals surface area contributed by atoms with Crippen LogP contribution in [0.2, 0.25) is 0 Å². The summed E-state index contributed by atoms with van der Waals surface area (Å²) < 4.78 is 0. The average molecular weight is 150 g/mol. The summed E-state index contributed by atoms with van der Waals surface area (Å²) in [6, 6.07) is 0. The zero-order chi connectivity index (χ0) is 8.22. The molecule has 2 aliphatic rings. The van der Waals surface area contributed by atoms with Crippen LogP contribution in [0.25, 0.3) is 0 Å². The third-order valence-corrected chi connectivity index (χ3v) is 3.44. The van der Waals surface area contributed by atoms with Crippen molar-refractivity contribution in [1.82, 2.24) is 0 Å². The summed E-state index contributed by atoms with van der Waals surface area (Å²) >= 11 is 0. The van der Waals surface area contributed by atoms with Crippen LogP contribution in [0, 0.1) is 17.3 Å². The second kappa shape index (κ2) is 1.77. The van der Waals surface area contributed by atoms with Gasteiger partial charge in [0.1, 0.15) is 0 Å². The number of fused-ring (bicyclic) bond motifs is 1. The third-order valence-electron chi connectivity index (χ3n) is 3.44. The van der Waals surface area contributed by atoms with Gasteiger partial charge in [-0.25, -0.2) is 0 Å². The molecule has 0 bridgehead atoms. The van der Waals surface area contributed by atoms with Crippen molar-refractivity contribution in [2.45, 2.75) is 26.7 Å². The van der Waals surface area contributed by atoms with Crippen molar-refractivity contribution in [2.24, 2.45) is 17.3 Å². The third kappa shape index (κ3) is 0.741. The lowest BCUT2D eigenvalue weighted by Crippen LogP contribution is -2.11. The van der Waals surface area contributed by atoms with E-state index in [4.69, 9.17) is 0 Å². The fourth-order valence-corrected chi connectivity index (χ4v) is 2.48. The number of carbonyl (C=O) groups excluding carboxylic acids is 1. The van der Waals surface area contributed by atoms with Crippen LogP contribution in [0.1, 0.15) is 26.7 Å². The lowest BCUT2D eigenvalue weighted by molar-refractivity contribution is -0.118. The molecule has 2 aliphatic carbocycles. The first-order chi connectivity index (χ1) is 5.05. The van der Waals surface area contributed by atoms with E-state index in [9.17, 15) is 4.79 Å². The van der Waals surface area contributed by atoms with E-state index < -0.39 is 0 Å². The molecule has 2 atom stereocenters. The minimum atomic E-state index is 0.288. The summed E-state index contributed by atoms with van der Waals surface area (Å²) in [7, 11) is 0. The Balaban J connectivity index is 2.25. The molecule has 0 N–H and O–H groups in total. The molecule has 1 nitrogen and oxygen atoms in total. The SMILES string of the molecule is C=C1CCC2C(C1=O)C2(C)C. The van der Waals surface area contributed by atoms with Crippen LogP contribution >= 0.6 is 0 Å². The zero-order valence-corrected chi connectivity index (χ0v) is 7.18. The molecular formula is C10H14O. The van der Waals surface area contributed by atoms with Gasteiger partial charge in [-0.1, -0.05) is 20.4 Å². The van der Waals surface area contributed by atoms with Gasteiger partial charge in [0.05, 0.1) is 0 Å². The standard InChI is InChI=1S/C10H14O/c1-6-4-5-7-8(9(6)11)10(7,2)3/h7-8H,1,4-5H2,2-3H3. The van der Waals surface area contributed by atoms with Crippen LogP contribution in [0.5, 0.6) is 0 Å². The molecule has 0 saturated heterocycles. The van der Waals surface area contributed by atoms with Gasteiger partial charge in [0.2, 0.25) is 0 Å². The second-order valence-corrected chi connectivity index (χ2v) is 4.41. The van der Waals surface area contributed by atoms with E-state index in [1.807, 2.05) is 0 Å². The first kappa shape index (κ1) is 7.08. The van der Waals surface area contributed by atoms with Crippen LogP contribution in [0.4, 0.5) is 0 Å². The minimum Gasteiger partial charge on any atom is -0.294 e. The minimum absolute atomic E-state index is 0.288. The molecule has 60 valence electrons. The Morgan fingerprint density at radius 1 is 1.55 bits per heavy atom. The van der Waals surface area contributed by atoms with Crippen LogP contribution in [-0.4, -0.2) is 5.78 Å². The molecule has 2 unspecified atom stereocenters. The molecule has 0 amide bonds. The van der Waals surface area contributed by atoms with Gasteiger partial charge in [-0.2, -0.15) is 0 Å². The molecular weight excluding hydrogens is 136 g/mol. The van der Waals surface area contributed by atoms with Gasteiger partial charge in [-0.05, 0) is 29.7 Å². The first-order valence-electron chi connectivity index (χ1n) is 4.27. The highest BCUT2D eigenvalue weighted by molar-refractivity contribution is 6.00. The zero-order valence-electron chi connectivity index (χ0n) is 7.18. The molecule has 0 aromatic heterocycles. The fraction of sp³-hybridized carbons (Fsp3) is 0.700. The molecule has 0 spiro atoms. The number of rotatable bonds is 0. The van der Waals surface area contributed by atoms with Gasteiger partial charge in [-0.15, -0.1) is 0 Å². The maximum atomic E-state index is 11.5. The predicted molar refractivity (Wildman–Crippen MR) is 44.1 cm³/mol. The normalized spacial score (nSPS) is 40.2. The van der Waals surface area contributed by atoms with Crippen LogP contribution in [0.15, 0.2) is 12.2 Å². The number of ketones is 1. The Morgan fingerprint density at radius 3 is 2.73 bits per heavy atom. The number of allylic oxidation sites excluding steroid dienone is 1. The van der Waals surface area contributed by atoms with Crippen molar-refractivity contribution in [3.8, 4) is 0 Å². The van der Waals surface area contributed by atoms with Gasteiger partial charge in [0.25, 0.3) is 0 Å². The fourth-order valence-electron chi connectivity index (χ4n) is 2.48. The smallest absolute Gasteiger partial charge is 0.162 e. The largest absolute Gasteiger partial charge is 0.294 e. The Kier molecular flexibility index (Phi) is 1.14. The Bertz CT molecular complexity index is 237. The van der Waals surface area contributed by atoms with Crippen LogP contribution in [0.3, 0.4) is 0 Å².